The number of amides is 1. The Labute approximate surface area is 187 Å². The molecule has 1 atom stereocenters. The zero-order chi connectivity index (χ0) is 21.8. The molecular weight excluding hydrogens is 408 g/mol. The lowest BCUT2D eigenvalue weighted by molar-refractivity contribution is 0.0930. The third kappa shape index (κ3) is 4.72. The fourth-order valence-corrected chi connectivity index (χ4v) is 3.82. The average molecular weight is 433 g/mol. The molecule has 4 rings (SSSR count). The maximum Gasteiger partial charge on any atom is 0.270 e. The van der Waals surface area contributed by atoms with Gasteiger partial charge < -0.3 is 9.88 Å². The minimum Gasteiger partial charge on any atom is -0.349 e. The second-order valence-electron chi connectivity index (χ2n) is 7.68. The number of nitrogens with one attached hydrogen (secondary N) is 1. The van der Waals surface area contributed by atoms with E-state index in [0.717, 1.165) is 24.2 Å². The van der Waals surface area contributed by atoms with Gasteiger partial charge in [0, 0.05) is 19.3 Å². The second-order valence-corrected chi connectivity index (χ2v) is 8.09. The van der Waals surface area contributed by atoms with E-state index in [4.69, 9.17) is 16.7 Å². The highest BCUT2D eigenvalue weighted by Gasteiger charge is 2.21. The maximum absolute atomic E-state index is 13.2. The van der Waals surface area contributed by atoms with Crippen LogP contribution in [0.3, 0.4) is 0 Å². The van der Waals surface area contributed by atoms with E-state index in [1.807, 2.05) is 79.3 Å². The smallest absolute Gasteiger partial charge is 0.270 e. The van der Waals surface area contributed by atoms with Crippen LogP contribution in [0, 0.1) is 0 Å². The molecule has 0 aliphatic heterocycles. The van der Waals surface area contributed by atoms with Crippen LogP contribution >= 0.6 is 11.6 Å². The Hall–Kier alpha value is -3.31. The fourth-order valence-electron chi connectivity index (χ4n) is 3.60. The van der Waals surface area contributed by atoms with Crippen molar-refractivity contribution in [1.82, 2.24) is 19.7 Å². The Morgan fingerprint density at radius 2 is 1.81 bits per heavy atom. The molecule has 4 aromatic rings. The van der Waals surface area contributed by atoms with E-state index < -0.39 is 0 Å². The molecular formula is C25H25ClN4O. The van der Waals surface area contributed by atoms with Gasteiger partial charge in [0.25, 0.3) is 5.91 Å². The van der Waals surface area contributed by atoms with Crippen molar-refractivity contribution in [2.24, 2.45) is 7.05 Å². The van der Waals surface area contributed by atoms with Gasteiger partial charge in [0.1, 0.15) is 11.4 Å². The molecule has 0 aliphatic rings. The first-order chi connectivity index (χ1) is 15.0. The summed E-state index contributed by atoms with van der Waals surface area (Å²) < 4.78 is 3.60. The lowest BCUT2D eigenvalue weighted by atomic mass is 10.1. The summed E-state index contributed by atoms with van der Waals surface area (Å²) in [6, 6.07) is 23.4. The summed E-state index contributed by atoms with van der Waals surface area (Å²) in [5, 5.41) is 8.37. The quantitative estimate of drug-likeness (QED) is 0.431. The summed E-state index contributed by atoms with van der Waals surface area (Å²) in [5.41, 5.74) is 4.03. The van der Waals surface area contributed by atoms with Crippen molar-refractivity contribution in [1.29, 1.82) is 0 Å². The number of hydrogen-bond acceptors (Lipinski definition) is 2. The van der Waals surface area contributed by atoms with E-state index >= 15 is 0 Å². The maximum atomic E-state index is 13.2. The van der Waals surface area contributed by atoms with E-state index in [0.29, 0.717) is 16.4 Å². The van der Waals surface area contributed by atoms with Gasteiger partial charge in [0.15, 0.2) is 0 Å². The Morgan fingerprint density at radius 3 is 2.52 bits per heavy atom. The molecule has 1 amide bonds. The molecule has 1 unspecified atom stereocenters. The zero-order valence-electron chi connectivity index (χ0n) is 17.6. The zero-order valence-corrected chi connectivity index (χ0v) is 18.4. The summed E-state index contributed by atoms with van der Waals surface area (Å²) in [6.07, 6.45) is 3.70. The van der Waals surface area contributed by atoms with Gasteiger partial charge in [-0.3, -0.25) is 4.79 Å². The molecule has 2 aromatic heterocycles. The van der Waals surface area contributed by atoms with Crippen molar-refractivity contribution in [2.75, 3.05) is 0 Å². The molecule has 1 N–H and O–H groups in total. The van der Waals surface area contributed by atoms with Crippen LogP contribution in [0.4, 0.5) is 0 Å². The van der Waals surface area contributed by atoms with Gasteiger partial charge in [-0.15, -0.1) is 0 Å². The van der Waals surface area contributed by atoms with E-state index in [-0.39, 0.29) is 11.9 Å². The van der Waals surface area contributed by atoms with Crippen molar-refractivity contribution in [3.8, 4) is 17.1 Å². The number of nitrogens with zero attached hydrogens (tertiary/aromatic N) is 3. The summed E-state index contributed by atoms with van der Waals surface area (Å²) in [6.45, 7) is 2.02. The number of para-hydroxylation sites is 1. The normalized spacial score (nSPS) is 12.0. The molecule has 0 spiro atoms. The molecule has 0 saturated carbocycles. The van der Waals surface area contributed by atoms with Crippen LogP contribution < -0.4 is 5.32 Å². The summed E-state index contributed by atoms with van der Waals surface area (Å²) in [4.78, 5) is 13.2. The molecule has 6 heteroatoms. The van der Waals surface area contributed by atoms with Gasteiger partial charge in [-0.1, -0.05) is 54.1 Å². The number of rotatable bonds is 7. The highest BCUT2D eigenvalue weighted by molar-refractivity contribution is 6.32. The van der Waals surface area contributed by atoms with Crippen LogP contribution in [0.15, 0.2) is 79.0 Å². The largest absolute Gasteiger partial charge is 0.349 e. The van der Waals surface area contributed by atoms with Crippen molar-refractivity contribution >= 4 is 17.5 Å². The van der Waals surface area contributed by atoms with Crippen molar-refractivity contribution in [3.05, 3.63) is 95.3 Å². The SMILES string of the molecule is CC(CCc1ccccc1)NC(=O)c1cc(-c2cccn2C)nn1-c1ccccc1Cl. The van der Waals surface area contributed by atoms with Gasteiger partial charge in [-0.05, 0) is 55.7 Å². The molecule has 0 radical (unpaired) electrons. The number of carbonyl (C=O) groups is 1. The Morgan fingerprint density at radius 1 is 1.06 bits per heavy atom. The molecule has 31 heavy (non-hydrogen) atoms. The highest BCUT2D eigenvalue weighted by Crippen LogP contribution is 2.26. The number of aromatic nitrogens is 3. The van der Waals surface area contributed by atoms with Crippen LogP contribution in [0.1, 0.15) is 29.4 Å². The average Bonchev–Trinajstić information content (AvgIpc) is 3.39. The van der Waals surface area contributed by atoms with Crippen LogP contribution in [0.2, 0.25) is 5.02 Å². The van der Waals surface area contributed by atoms with Gasteiger partial charge in [0.05, 0.1) is 16.4 Å². The minimum atomic E-state index is -0.173. The lowest BCUT2D eigenvalue weighted by Crippen LogP contribution is -2.34. The standard InChI is InChI=1S/C25H25ClN4O/c1-18(14-15-19-9-4-3-5-10-19)27-25(31)24-17-21(23-13-8-16-29(23)2)28-30(24)22-12-7-6-11-20(22)26/h3-13,16-18H,14-15H2,1-2H3,(H,27,31). The van der Waals surface area contributed by atoms with E-state index in [1.54, 1.807) is 10.7 Å². The number of halogens is 1. The Bertz CT molecular complexity index is 1180. The van der Waals surface area contributed by atoms with E-state index in [1.165, 1.54) is 5.56 Å². The lowest BCUT2D eigenvalue weighted by Gasteiger charge is -2.15. The first-order valence-corrected chi connectivity index (χ1v) is 10.7. The van der Waals surface area contributed by atoms with Gasteiger partial charge in [-0.25, -0.2) is 4.68 Å². The van der Waals surface area contributed by atoms with Crippen molar-refractivity contribution < 1.29 is 4.79 Å². The summed E-state index contributed by atoms with van der Waals surface area (Å²) in [7, 11) is 1.95. The molecule has 0 fully saturated rings. The number of benzene rings is 2. The predicted molar refractivity (Wildman–Crippen MR) is 125 cm³/mol. The minimum absolute atomic E-state index is 0.0146. The number of aryl methyl sites for hydroxylation is 2. The Balaban J connectivity index is 1.60. The Kier molecular flexibility index (Phi) is 6.23. The van der Waals surface area contributed by atoms with Crippen LogP contribution in [0.25, 0.3) is 17.1 Å². The van der Waals surface area contributed by atoms with E-state index in [2.05, 4.69) is 17.4 Å². The van der Waals surface area contributed by atoms with Gasteiger partial charge >= 0.3 is 0 Å². The topological polar surface area (TPSA) is 51.9 Å². The predicted octanol–water partition coefficient (Wildman–Crippen LogP) is 5.28. The van der Waals surface area contributed by atoms with Gasteiger partial charge in [-0.2, -0.15) is 5.10 Å². The third-order valence-corrected chi connectivity index (χ3v) is 5.63. The molecule has 158 valence electrons. The molecule has 0 aliphatic carbocycles. The molecule has 2 aromatic carbocycles. The first-order valence-electron chi connectivity index (χ1n) is 10.3. The molecule has 5 nitrogen and oxygen atoms in total. The summed E-state index contributed by atoms with van der Waals surface area (Å²) in [5.74, 6) is -0.173. The highest BCUT2D eigenvalue weighted by atomic mass is 35.5. The summed E-state index contributed by atoms with van der Waals surface area (Å²) >= 11 is 6.43. The molecule has 2 heterocycles. The number of carbonyl (C=O) groups excluding carboxylic acids is 1. The van der Waals surface area contributed by atoms with Crippen LogP contribution in [-0.2, 0) is 13.5 Å². The van der Waals surface area contributed by atoms with Gasteiger partial charge in [0.2, 0.25) is 0 Å². The monoisotopic (exact) mass is 432 g/mol. The first kappa shape index (κ1) is 20.9. The second kappa shape index (κ2) is 9.23. The van der Waals surface area contributed by atoms with Crippen molar-refractivity contribution in [3.63, 3.8) is 0 Å². The third-order valence-electron chi connectivity index (χ3n) is 5.32. The molecule has 0 bridgehead atoms. The van der Waals surface area contributed by atoms with Crippen LogP contribution in [-0.4, -0.2) is 26.3 Å². The number of hydrogen-bond donors (Lipinski definition) is 1. The molecule has 0 saturated heterocycles. The van der Waals surface area contributed by atoms with E-state index in [9.17, 15) is 4.79 Å². The van der Waals surface area contributed by atoms with Crippen LogP contribution in [0.5, 0.6) is 0 Å². The fraction of sp³-hybridized carbons (Fsp3) is 0.200. The van der Waals surface area contributed by atoms with Crippen molar-refractivity contribution in [2.45, 2.75) is 25.8 Å².